The molecule has 2 aromatic carbocycles. The predicted molar refractivity (Wildman–Crippen MR) is 99.9 cm³/mol. The van der Waals surface area contributed by atoms with Gasteiger partial charge in [-0.15, -0.1) is 0 Å². The van der Waals surface area contributed by atoms with Gasteiger partial charge >= 0.3 is 0 Å². The fraction of sp³-hybridized carbons (Fsp3) is 0.316. The minimum Gasteiger partial charge on any atom is -0.338 e. The van der Waals surface area contributed by atoms with Gasteiger partial charge in [0.2, 0.25) is 0 Å². The third-order valence-electron chi connectivity index (χ3n) is 4.37. The Hall–Kier alpha value is -1.94. The molecule has 1 aliphatic carbocycles. The summed E-state index contributed by atoms with van der Waals surface area (Å²) in [6, 6.07) is 19.1. The molecule has 1 amide bonds. The van der Waals surface area contributed by atoms with E-state index in [9.17, 15) is 4.79 Å². The monoisotopic (exact) mass is 326 g/mol. The Kier molecular flexibility index (Phi) is 5.23. The average Bonchev–Trinajstić information content (AvgIpc) is 2.58. The summed E-state index contributed by atoms with van der Waals surface area (Å²) in [6.07, 6.45) is 6.38. The molecule has 0 aliphatic heterocycles. The van der Waals surface area contributed by atoms with Crippen molar-refractivity contribution >= 4 is 34.9 Å². The van der Waals surface area contributed by atoms with E-state index >= 15 is 0 Å². The van der Waals surface area contributed by atoms with Gasteiger partial charge in [0.05, 0.1) is 0 Å². The first-order valence-corrected chi connectivity index (χ1v) is 8.63. The van der Waals surface area contributed by atoms with Crippen LogP contribution < -0.4 is 10.2 Å². The summed E-state index contributed by atoms with van der Waals surface area (Å²) in [4.78, 5) is 13.5. The van der Waals surface area contributed by atoms with Crippen LogP contribution in [0.2, 0.25) is 0 Å². The molecule has 120 valence electrons. The zero-order valence-electron chi connectivity index (χ0n) is 13.1. The zero-order chi connectivity index (χ0) is 16.1. The normalized spacial score (nSPS) is 15.2. The maximum Gasteiger partial charge on any atom is 0.280 e. The topological polar surface area (TPSA) is 32.3 Å². The van der Waals surface area contributed by atoms with Gasteiger partial charge < -0.3 is 10.2 Å². The molecular weight excluding hydrogens is 304 g/mol. The summed E-state index contributed by atoms with van der Waals surface area (Å²) in [5, 5.41) is 2.35. The van der Waals surface area contributed by atoms with Gasteiger partial charge in [-0.25, -0.2) is 0 Å². The maximum absolute atomic E-state index is 11.0. The summed E-state index contributed by atoms with van der Waals surface area (Å²) in [5.41, 5.74) is 3.16. The Balaban J connectivity index is 1.89. The SMILES string of the molecule is O=C(S)Nc1ccc(N(c2ccccc2)C2CCCCC2)cc1. The molecule has 23 heavy (non-hydrogen) atoms. The highest BCUT2D eigenvalue weighted by atomic mass is 32.1. The molecule has 1 N–H and O–H groups in total. The number of anilines is 3. The molecule has 0 bridgehead atoms. The number of nitrogens with zero attached hydrogens (tertiary/aromatic N) is 1. The lowest BCUT2D eigenvalue weighted by molar-refractivity contribution is 0.270. The Morgan fingerprint density at radius 1 is 0.913 bits per heavy atom. The molecule has 1 aliphatic rings. The minimum atomic E-state index is -0.343. The molecule has 3 nitrogen and oxygen atoms in total. The molecule has 0 spiro atoms. The zero-order valence-corrected chi connectivity index (χ0v) is 14.0. The molecule has 0 radical (unpaired) electrons. The van der Waals surface area contributed by atoms with Crippen LogP contribution in [-0.2, 0) is 0 Å². The number of para-hydroxylation sites is 1. The fourth-order valence-corrected chi connectivity index (χ4v) is 3.46. The molecule has 2 aromatic rings. The third kappa shape index (κ3) is 4.08. The fourth-order valence-electron chi connectivity index (χ4n) is 3.33. The molecule has 3 rings (SSSR count). The first kappa shape index (κ1) is 15.9. The molecule has 0 saturated heterocycles. The van der Waals surface area contributed by atoms with E-state index in [-0.39, 0.29) is 5.24 Å². The number of carbonyl (C=O) groups excluding carboxylic acids is 1. The summed E-state index contributed by atoms with van der Waals surface area (Å²) in [7, 11) is 0. The van der Waals surface area contributed by atoms with E-state index in [0.717, 1.165) is 5.69 Å². The summed E-state index contributed by atoms with van der Waals surface area (Å²) in [6.45, 7) is 0. The van der Waals surface area contributed by atoms with E-state index in [1.807, 2.05) is 18.2 Å². The highest BCUT2D eigenvalue weighted by molar-refractivity contribution is 7.96. The van der Waals surface area contributed by atoms with E-state index in [1.54, 1.807) is 0 Å². The van der Waals surface area contributed by atoms with Gasteiger partial charge in [0, 0.05) is 23.1 Å². The molecule has 0 aromatic heterocycles. The van der Waals surface area contributed by atoms with Crippen LogP contribution in [0.4, 0.5) is 21.9 Å². The second-order valence-corrected chi connectivity index (χ2v) is 6.38. The summed E-state index contributed by atoms with van der Waals surface area (Å²) < 4.78 is 0. The number of carbonyl (C=O) groups is 1. The smallest absolute Gasteiger partial charge is 0.280 e. The molecule has 1 fully saturated rings. The molecule has 4 heteroatoms. The second-order valence-electron chi connectivity index (χ2n) is 5.97. The van der Waals surface area contributed by atoms with Gasteiger partial charge in [0.25, 0.3) is 5.24 Å². The van der Waals surface area contributed by atoms with Crippen LogP contribution in [0.25, 0.3) is 0 Å². The number of thiol groups is 1. The van der Waals surface area contributed by atoms with Crippen molar-refractivity contribution in [2.45, 2.75) is 38.1 Å². The van der Waals surface area contributed by atoms with Crippen molar-refractivity contribution in [2.75, 3.05) is 10.2 Å². The molecule has 1 saturated carbocycles. The Labute approximate surface area is 143 Å². The van der Waals surface area contributed by atoms with E-state index in [1.165, 1.54) is 43.5 Å². The average molecular weight is 326 g/mol. The minimum absolute atomic E-state index is 0.343. The molecule has 0 unspecified atom stereocenters. The number of nitrogens with one attached hydrogen (secondary N) is 1. The third-order valence-corrected chi connectivity index (χ3v) is 4.48. The molecular formula is C19H22N2OS. The lowest BCUT2D eigenvalue weighted by Crippen LogP contribution is -2.32. The van der Waals surface area contributed by atoms with Gasteiger partial charge in [-0.2, -0.15) is 0 Å². The maximum atomic E-state index is 11.0. The number of hydrogen-bond donors (Lipinski definition) is 2. The van der Waals surface area contributed by atoms with Crippen molar-refractivity contribution < 1.29 is 4.79 Å². The molecule has 0 atom stereocenters. The van der Waals surface area contributed by atoms with Crippen LogP contribution in [0, 0.1) is 0 Å². The number of benzene rings is 2. The van der Waals surface area contributed by atoms with Crippen molar-refractivity contribution in [3.63, 3.8) is 0 Å². The van der Waals surface area contributed by atoms with Gasteiger partial charge in [0.1, 0.15) is 0 Å². The van der Waals surface area contributed by atoms with Crippen LogP contribution in [0.1, 0.15) is 32.1 Å². The predicted octanol–water partition coefficient (Wildman–Crippen LogP) is 5.62. The lowest BCUT2D eigenvalue weighted by Gasteiger charge is -2.36. The standard InChI is InChI=1S/C19H22N2OS/c22-19(23)20-15-11-13-18(14-12-15)21(16-7-3-1-4-8-16)17-9-5-2-6-10-17/h1,3-4,7-8,11-14,17H,2,5-6,9-10H2,(H2,20,22,23). The number of amides is 1. The first-order valence-electron chi connectivity index (χ1n) is 8.18. The summed E-state index contributed by atoms with van der Waals surface area (Å²) in [5.74, 6) is 0. The van der Waals surface area contributed by atoms with Crippen LogP contribution >= 0.6 is 12.6 Å². The van der Waals surface area contributed by atoms with Gasteiger partial charge in [-0.1, -0.05) is 50.1 Å². The van der Waals surface area contributed by atoms with Crippen molar-refractivity contribution in [3.05, 3.63) is 54.6 Å². The largest absolute Gasteiger partial charge is 0.338 e. The van der Waals surface area contributed by atoms with Crippen molar-refractivity contribution in [2.24, 2.45) is 0 Å². The Morgan fingerprint density at radius 3 is 2.13 bits per heavy atom. The number of rotatable bonds is 4. The second kappa shape index (κ2) is 7.55. The first-order chi connectivity index (χ1) is 11.2. The van der Waals surface area contributed by atoms with Gasteiger partial charge in [-0.05, 0) is 49.2 Å². The van der Waals surface area contributed by atoms with Crippen LogP contribution in [-0.4, -0.2) is 11.3 Å². The Bertz CT molecular complexity index is 636. The van der Waals surface area contributed by atoms with E-state index < -0.39 is 0 Å². The van der Waals surface area contributed by atoms with Crippen LogP contribution in [0.15, 0.2) is 54.6 Å². The van der Waals surface area contributed by atoms with E-state index in [4.69, 9.17) is 0 Å². The van der Waals surface area contributed by atoms with E-state index in [0.29, 0.717) is 6.04 Å². The van der Waals surface area contributed by atoms with Crippen molar-refractivity contribution in [3.8, 4) is 0 Å². The van der Waals surface area contributed by atoms with Crippen LogP contribution in [0.5, 0.6) is 0 Å². The van der Waals surface area contributed by atoms with Gasteiger partial charge in [0.15, 0.2) is 0 Å². The van der Waals surface area contributed by atoms with E-state index in [2.05, 4.69) is 59.2 Å². The van der Waals surface area contributed by atoms with Gasteiger partial charge in [-0.3, -0.25) is 4.79 Å². The Morgan fingerprint density at radius 2 is 1.52 bits per heavy atom. The highest BCUT2D eigenvalue weighted by Gasteiger charge is 2.22. The highest BCUT2D eigenvalue weighted by Crippen LogP contribution is 2.34. The molecule has 0 heterocycles. The van der Waals surface area contributed by atoms with Crippen molar-refractivity contribution in [1.82, 2.24) is 0 Å². The summed E-state index contributed by atoms with van der Waals surface area (Å²) >= 11 is 3.76. The van der Waals surface area contributed by atoms with Crippen molar-refractivity contribution in [1.29, 1.82) is 0 Å². The lowest BCUT2D eigenvalue weighted by atomic mass is 9.93. The number of hydrogen-bond acceptors (Lipinski definition) is 2. The quantitative estimate of drug-likeness (QED) is 0.715. The van der Waals surface area contributed by atoms with Crippen LogP contribution in [0.3, 0.4) is 0 Å².